The highest BCUT2D eigenvalue weighted by atomic mass is 35.5. The first kappa shape index (κ1) is 21.9. The summed E-state index contributed by atoms with van der Waals surface area (Å²) in [5, 5.41) is 4.11. The molecule has 0 bridgehead atoms. The number of aromatic nitrogens is 4. The summed E-state index contributed by atoms with van der Waals surface area (Å²) in [7, 11) is 1.93. The van der Waals surface area contributed by atoms with Gasteiger partial charge in [-0.25, -0.2) is 4.98 Å². The van der Waals surface area contributed by atoms with Crippen molar-refractivity contribution in [3.8, 4) is 11.3 Å². The Kier molecular flexibility index (Phi) is 7.17. The maximum atomic E-state index is 5.90. The molecular formula is C18H23Cl2N7O. The molecule has 4 N–H and O–H groups in total. The van der Waals surface area contributed by atoms with Gasteiger partial charge in [0.2, 0.25) is 5.95 Å². The van der Waals surface area contributed by atoms with Gasteiger partial charge in [0.15, 0.2) is 5.76 Å². The van der Waals surface area contributed by atoms with Crippen LogP contribution in [-0.4, -0.2) is 33.2 Å². The maximum Gasteiger partial charge on any atom is 0.222 e. The molecule has 3 aromatic rings. The molecule has 0 atom stereocenters. The molecule has 0 saturated heterocycles. The van der Waals surface area contributed by atoms with Crippen molar-refractivity contribution in [2.45, 2.75) is 31.3 Å². The molecule has 0 radical (unpaired) electrons. The largest absolute Gasteiger partial charge is 0.368 e. The van der Waals surface area contributed by atoms with Crippen molar-refractivity contribution in [3.05, 3.63) is 48.1 Å². The fourth-order valence-electron chi connectivity index (χ4n) is 3.13. The molecule has 4 rings (SSSR count). The first-order chi connectivity index (χ1) is 12.6. The Bertz CT molecular complexity index is 900. The average molecular weight is 424 g/mol. The van der Waals surface area contributed by atoms with Gasteiger partial charge in [-0.3, -0.25) is 4.98 Å². The fourth-order valence-corrected chi connectivity index (χ4v) is 3.13. The van der Waals surface area contributed by atoms with E-state index in [0.29, 0.717) is 12.5 Å². The summed E-state index contributed by atoms with van der Waals surface area (Å²) in [6, 6.07) is 7.96. The van der Waals surface area contributed by atoms with Crippen LogP contribution in [0.1, 0.15) is 30.2 Å². The molecule has 1 saturated carbocycles. The minimum Gasteiger partial charge on any atom is -0.368 e. The smallest absolute Gasteiger partial charge is 0.222 e. The molecule has 1 aliphatic rings. The van der Waals surface area contributed by atoms with E-state index in [1.807, 2.05) is 36.2 Å². The average Bonchev–Trinajstić information content (AvgIpc) is 3.07. The molecule has 0 aromatic carbocycles. The number of nitrogens with two attached hydrogens (primary N) is 2. The number of rotatable bonds is 5. The minimum atomic E-state index is 0. The van der Waals surface area contributed by atoms with E-state index in [1.165, 1.54) is 0 Å². The van der Waals surface area contributed by atoms with Gasteiger partial charge in [-0.2, -0.15) is 4.98 Å². The van der Waals surface area contributed by atoms with E-state index in [2.05, 4.69) is 20.1 Å². The normalized spacial score (nSPS) is 17.8. The number of hydrogen-bond donors (Lipinski definition) is 2. The summed E-state index contributed by atoms with van der Waals surface area (Å²) >= 11 is 0. The first-order valence-electron chi connectivity index (χ1n) is 8.55. The standard InChI is InChI=1S/C18H21N7O.2ClH/c1-25(10-14-7-16(24-26-14)11-3-2-4-21-9-11)17-8-15(22-18(20)23-17)12-5-13(19)6-12;;/h2-4,7-9,12-13H,5-6,10,19H2,1H3,(H2,20,22,23);2*1H. The van der Waals surface area contributed by atoms with Gasteiger partial charge in [0, 0.05) is 49.1 Å². The third-order valence-electron chi connectivity index (χ3n) is 4.64. The van der Waals surface area contributed by atoms with Crippen molar-refractivity contribution in [2.24, 2.45) is 5.73 Å². The number of hydrogen-bond acceptors (Lipinski definition) is 8. The monoisotopic (exact) mass is 423 g/mol. The highest BCUT2D eigenvalue weighted by Gasteiger charge is 2.29. The molecule has 3 aromatic heterocycles. The number of pyridine rings is 1. The molecule has 3 heterocycles. The van der Waals surface area contributed by atoms with Crippen LogP contribution < -0.4 is 16.4 Å². The number of halogens is 2. The predicted octanol–water partition coefficient (Wildman–Crippen LogP) is 2.79. The SMILES string of the molecule is CN(Cc1cc(-c2cccnc2)no1)c1cc(C2CC(N)C2)nc(N)n1.Cl.Cl. The van der Waals surface area contributed by atoms with E-state index in [4.69, 9.17) is 16.0 Å². The molecule has 0 spiro atoms. The van der Waals surface area contributed by atoms with E-state index in [0.717, 1.165) is 41.4 Å². The summed E-state index contributed by atoms with van der Waals surface area (Å²) in [4.78, 5) is 14.8. The molecule has 1 fully saturated rings. The van der Waals surface area contributed by atoms with Gasteiger partial charge in [0.1, 0.15) is 11.5 Å². The molecule has 0 amide bonds. The Morgan fingerprint density at radius 3 is 2.68 bits per heavy atom. The van der Waals surface area contributed by atoms with Crippen LogP contribution in [0, 0.1) is 0 Å². The van der Waals surface area contributed by atoms with Crippen LogP contribution in [0.5, 0.6) is 0 Å². The lowest BCUT2D eigenvalue weighted by molar-refractivity contribution is 0.345. The van der Waals surface area contributed by atoms with Crippen LogP contribution in [0.4, 0.5) is 11.8 Å². The van der Waals surface area contributed by atoms with Gasteiger partial charge in [0.05, 0.1) is 12.2 Å². The summed E-state index contributed by atoms with van der Waals surface area (Å²) < 4.78 is 5.45. The molecule has 0 aliphatic heterocycles. The van der Waals surface area contributed by atoms with E-state index >= 15 is 0 Å². The van der Waals surface area contributed by atoms with E-state index in [-0.39, 0.29) is 36.8 Å². The first-order valence-corrected chi connectivity index (χ1v) is 8.55. The highest BCUT2D eigenvalue weighted by molar-refractivity contribution is 5.85. The summed E-state index contributed by atoms with van der Waals surface area (Å²) in [5.74, 6) is 2.13. The maximum absolute atomic E-state index is 5.90. The molecule has 28 heavy (non-hydrogen) atoms. The Morgan fingerprint density at radius 2 is 2.00 bits per heavy atom. The van der Waals surface area contributed by atoms with Gasteiger partial charge in [-0.1, -0.05) is 5.16 Å². The van der Waals surface area contributed by atoms with Crippen LogP contribution in [0.2, 0.25) is 0 Å². The zero-order valence-electron chi connectivity index (χ0n) is 15.4. The molecular weight excluding hydrogens is 401 g/mol. The Hall–Kier alpha value is -2.42. The molecule has 10 heteroatoms. The van der Waals surface area contributed by atoms with Gasteiger partial charge in [-0.15, -0.1) is 24.8 Å². The Labute approximate surface area is 175 Å². The zero-order chi connectivity index (χ0) is 18.1. The number of nitrogens with zero attached hydrogens (tertiary/aromatic N) is 5. The lowest BCUT2D eigenvalue weighted by Crippen LogP contribution is -2.35. The van der Waals surface area contributed by atoms with Crippen molar-refractivity contribution in [1.82, 2.24) is 20.1 Å². The fraction of sp³-hybridized carbons (Fsp3) is 0.333. The van der Waals surface area contributed by atoms with Crippen LogP contribution in [0.15, 0.2) is 41.2 Å². The summed E-state index contributed by atoms with van der Waals surface area (Å²) in [6.45, 7) is 0.521. The Balaban J connectivity index is 0.00000140. The van der Waals surface area contributed by atoms with E-state index < -0.39 is 0 Å². The Morgan fingerprint density at radius 1 is 1.21 bits per heavy atom. The van der Waals surface area contributed by atoms with Crippen LogP contribution in [0.25, 0.3) is 11.3 Å². The third kappa shape index (κ3) is 4.70. The minimum absolute atomic E-state index is 0. The molecule has 150 valence electrons. The van der Waals surface area contributed by atoms with Gasteiger partial charge in [0.25, 0.3) is 0 Å². The van der Waals surface area contributed by atoms with E-state index in [1.54, 1.807) is 12.4 Å². The van der Waals surface area contributed by atoms with Crippen molar-refractivity contribution < 1.29 is 4.52 Å². The van der Waals surface area contributed by atoms with E-state index in [9.17, 15) is 0 Å². The predicted molar refractivity (Wildman–Crippen MR) is 113 cm³/mol. The van der Waals surface area contributed by atoms with Crippen molar-refractivity contribution in [2.75, 3.05) is 17.7 Å². The van der Waals surface area contributed by atoms with Gasteiger partial charge in [-0.05, 0) is 25.0 Å². The molecule has 1 aliphatic carbocycles. The second kappa shape index (κ2) is 9.18. The second-order valence-corrected chi connectivity index (χ2v) is 6.71. The van der Waals surface area contributed by atoms with Crippen LogP contribution in [0.3, 0.4) is 0 Å². The topological polar surface area (TPSA) is 120 Å². The number of nitrogen functional groups attached to an aromatic ring is 1. The van der Waals surface area contributed by atoms with Gasteiger partial charge < -0.3 is 20.9 Å². The summed E-state index contributed by atoms with van der Waals surface area (Å²) in [5.41, 5.74) is 14.4. The van der Waals surface area contributed by atoms with Crippen molar-refractivity contribution >= 4 is 36.6 Å². The lowest BCUT2D eigenvalue weighted by atomic mass is 9.78. The molecule has 8 nitrogen and oxygen atoms in total. The van der Waals surface area contributed by atoms with Crippen molar-refractivity contribution in [1.29, 1.82) is 0 Å². The quantitative estimate of drug-likeness (QED) is 0.642. The van der Waals surface area contributed by atoms with Crippen molar-refractivity contribution in [3.63, 3.8) is 0 Å². The summed E-state index contributed by atoms with van der Waals surface area (Å²) in [6.07, 6.45) is 5.36. The second-order valence-electron chi connectivity index (χ2n) is 6.71. The third-order valence-corrected chi connectivity index (χ3v) is 4.64. The lowest BCUT2D eigenvalue weighted by Gasteiger charge is -2.32. The highest BCUT2D eigenvalue weighted by Crippen LogP contribution is 2.35. The van der Waals surface area contributed by atoms with Gasteiger partial charge >= 0.3 is 0 Å². The number of anilines is 2. The van der Waals surface area contributed by atoms with Crippen LogP contribution in [-0.2, 0) is 6.54 Å². The van der Waals surface area contributed by atoms with Crippen LogP contribution >= 0.6 is 24.8 Å². The zero-order valence-corrected chi connectivity index (χ0v) is 17.0. The molecule has 0 unspecified atom stereocenters.